The van der Waals surface area contributed by atoms with Crippen LogP contribution < -0.4 is 5.32 Å². The number of unbranched alkanes of at least 4 members (excludes halogenated alkanes) is 15. The van der Waals surface area contributed by atoms with Crippen molar-refractivity contribution in [3.8, 4) is 0 Å². The molecule has 0 aliphatic carbocycles. The van der Waals surface area contributed by atoms with Gasteiger partial charge in [0, 0.05) is 6.42 Å². The molecule has 2 rings (SSSR count). The SMILES string of the molecule is CCCCC/C=C\C/C=C\CCCCCCCCCC(=O)NC(COC1OC(CO)C(OC2OC(CO)C(O)C(O)C2O)C(O)C1O)C(O)/C=C/CC/C=C/CC/C=C/CCCCC. The number of nitrogens with one attached hydrogen (secondary N) is 1. The van der Waals surface area contributed by atoms with E-state index >= 15 is 0 Å². The molecular formula is C50H87NO13. The average molecular weight is 910 g/mol. The van der Waals surface area contributed by atoms with Gasteiger partial charge in [0.15, 0.2) is 12.6 Å². The maximum absolute atomic E-state index is 13.1. The maximum atomic E-state index is 13.1. The number of allylic oxidation sites excluding steroid dienone is 9. The van der Waals surface area contributed by atoms with Crippen LogP contribution in [0.15, 0.2) is 60.8 Å². The Morgan fingerprint density at radius 3 is 1.62 bits per heavy atom. The Bertz CT molecular complexity index is 1310. The first-order valence-electron chi connectivity index (χ1n) is 24.5. The molecule has 2 saturated heterocycles. The van der Waals surface area contributed by atoms with Crippen LogP contribution in [0, 0.1) is 0 Å². The molecule has 0 aromatic carbocycles. The van der Waals surface area contributed by atoms with E-state index in [-0.39, 0.29) is 18.9 Å². The number of aliphatic hydroxyl groups is 8. The molecule has 0 spiro atoms. The molecule has 0 saturated carbocycles. The Morgan fingerprint density at radius 2 is 1.05 bits per heavy atom. The highest BCUT2D eigenvalue weighted by molar-refractivity contribution is 5.76. The van der Waals surface area contributed by atoms with Crippen LogP contribution in [-0.2, 0) is 23.7 Å². The Balaban J connectivity index is 1.89. The number of carbonyl (C=O) groups excluding carboxylic acids is 1. The fraction of sp³-hybridized carbons (Fsp3) is 0.780. The molecule has 14 nitrogen and oxygen atoms in total. The Hall–Kier alpha value is -2.31. The Kier molecular flexibility index (Phi) is 33.2. The molecule has 12 atom stereocenters. The van der Waals surface area contributed by atoms with Gasteiger partial charge in [0.1, 0.15) is 48.8 Å². The fourth-order valence-electron chi connectivity index (χ4n) is 7.58. The molecule has 64 heavy (non-hydrogen) atoms. The van der Waals surface area contributed by atoms with Crippen LogP contribution in [-0.4, -0.2) is 140 Å². The summed E-state index contributed by atoms with van der Waals surface area (Å²) in [5.41, 5.74) is 0. The van der Waals surface area contributed by atoms with Gasteiger partial charge in [0.2, 0.25) is 5.91 Å². The van der Waals surface area contributed by atoms with E-state index in [9.17, 15) is 45.6 Å². The third-order valence-corrected chi connectivity index (χ3v) is 11.7. The maximum Gasteiger partial charge on any atom is 0.220 e. The standard InChI is InChI=1S/C50H87NO13/c1-3-5-7-9-11-13-15-17-18-19-20-22-24-26-28-30-32-34-42(55)51-38(39(54)33-31-29-27-25-23-21-16-14-12-10-8-6-4-2)37-61-49-47(60)45(58)48(41(36-53)63-49)64-50-46(59)44(57)43(56)40(35-52)62-50/h11-14,17-18,23,25,31,33,38-41,43-50,52-54,56-60H,3-10,15-16,19-22,24,26-30,32,34-37H2,1-2H3,(H,51,55)/b13-11-,14-12+,18-17-,25-23+,33-31+. The summed E-state index contributed by atoms with van der Waals surface area (Å²) >= 11 is 0. The number of hydrogen-bond acceptors (Lipinski definition) is 13. The first kappa shape index (κ1) is 57.8. The fourth-order valence-corrected chi connectivity index (χ4v) is 7.58. The van der Waals surface area contributed by atoms with Gasteiger partial charge in [0.25, 0.3) is 0 Å². The lowest BCUT2D eigenvalue weighted by Crippen LogP contribution is -2.65. The largest absolute Gasteiger partial charge is 0.394 e. The van der Waals surface area contributed by atoms with Gasteiger partial charge in [-0.2, -0.15) is 0 Å². The van der Waals surface area contributed by atoms with Crippen molar-refractivity contribution in [3.05, 3.63) is 60.8 Å². The summed E-state index contributed by atoms with van der Waals surface area (Å²) in [6, 6.07) is -0.942. The number of rotatable bonds is 36. The summed E-state index contributed by atoms with van der Waals surface area (Å²) in [6.45, 7) is 2.67. The topological polar surface area (TPSA) is 228 Å². The highest BCUT2D eigenvalue weighted by Crippen LogP contribution is 2.30. The van der Waals surface area contributed by atoms with Gasteiger partial charge in [-0.25, -0.2) is 0 Å². The number of carbonyl (C=O) groups is 1. The van der Waals surface area contributed by atoms with Crippen LogP contribution in [0.1, 0.15) is 155 Å². The lowest BCUT2D eigenvalue weighted by molar-refractivity contribution is -0.359. The first-order chi connectivity index (χ1) is 31.1. The minimum Gasteiger partial charge on any atom is -0.394 e. The second kappa shape index (κ2) is 36.8. The van der Waals surface area contributed by atoms with Crippen molar-refractivity contribution in [2.24, 2.45) is 0 Å². The van der Waals surface area contributed by atoms with Gasteiger partial charge in [-0.15, -0.1) is 0 Å². The number of aliphatic hydroxyl groups excluding tert-OH is 8. The smallest absolute Gasteiger partial charge is 0.220 e. The van der Waals surface area contributed by atoms with Crippen LogP contribution in [0.3, 0.4) is 0 Å². The zero-order valence-electron chi connectivity index (χ0n) is 39.0. The predicted octanol–water partition coefficient (Wildman–Crippen LogP) is 5.88. The van der Waals surface area contributed by atoms with Crippen LogP contribution in [0.5, 0.6) is 0 Å². The van der Waals surface area contributed by atoms with Gasteiger partial charge >= 0.3 is 0 Å². The molecule has 370 valence electrons. The molecule has 2 aliphatic rings. The van der Waals surface area contributed by atoms with E-state index in [4.69, 9.17) is 18.9 Å². The van der Waals surface area contributed by atoms with Crippen molar-refractivity contribution in [3.63, 3.8) is 0 Å². The van der Waals surface area contributed by atoms with Crippen molar-refractivity contribution in [2.45, 2.75) is 229 Å². The van der Waals surface area contributed by atoms with E-state index in [0.717, 1.165) is 64.2 Å². The van der Waals surface area contributed by atoms with Gasteiger partial charge in [0.05, 0.1) is 32.0 Å². The van der Waals surface area contributed by atoms with Gasteiger partial charge in [-0.1, -0.05) is 132 Å². The molecule has 12 unspecified atom stereocenters. The normalized spacial score (nSPS) is 27.8. The summed E-state index contributed by atoms with van der Waals surface area (Å²) in [6.07, 6.45) is 26.9. The van der Waals surface area contributed by atoms with Crippen molar-refractivity contribution in [1.29, 1.82) is 0 Å². The quantitative estimate of drug-likeness (QED) is 0.0265. The van der Waals surface area contributed by atoms with Gasteiger partial charge in [-0.3, -0.25) is 4.79 Å². The molecule has 2 aliphatic heterocycles. The zero-order chi connectivity index (χ0) is 46.8. The van der Waals surface area contributed by atoms with Crippen molar-refractivity contribution >= 4 is 5.91 Å². The zero-order valence-corrected chi connectivity index (χ0v) is 39.0. The summed E-state index contributed by atoms with van der Waals surface area (Å²) in [4.78, 5) is 13.1. The number of hydrogen-bond donors (Lipinski definition) is 9. The molecule has 2 heterocycles. The van der Waals surface area contributed by atoms with Crippen LogP contribution in [0.4, 0.5) is 0 Å². The van der Waals surface area contributed by atoms with Gasteiger partial charge in [-0.05, 0) is 77.0 Å². The van der Waals surface area contributed by atoms with E-state index in [2.05, 4.69) is 67.8 Å². The molecule has 0 bridgehead atoms. The number of amides is 1. The van der Waals surface area contributed by atoms with Crippen LogP contribution >= 0.6 is 0 Å². The minimum atomic E-state index is -1.79. The molecule has 0 radical (unpaired) electrons. The summed E-state index contributed by atoms with van der Waals surface area (Å²) in [7, 11) is 0. The predicted molar refractivity (Wildman–Crippen MR) is 249 cm³/mol. The average Bonchev–Trinajstić information content (AvgIpc) is 3.29. The van der Waals surface area contributed by atoms with E-state index in [1.165, 1.54) is 57.8 Å². The second-order valence-corrected chi connectivity index (χ2v) is 17.2. The van der Waals surface area contributed by atoms with Crippen molar-refractivity contribution < 1.29 is 64.6 Å². The Morgan fingerprint density at radius 1 is 0.562 bits per heavy atom. The summed E-state index contributed by atoms with van der Waals surface area (Å²) < 4.78 is 22.6. The van der Waals surface area contributed by atoms with E-state index in [1.807, 2.05) is 6.08 Å². The monoisotopic (exact) mass is 910 g/mol. The van der Waals surface area contributed by atoms with Gasteiger partial charge < -0.3 is 65.1 Å². The van der Waals surface area contributed by atoms with Crippen molar-refractivity contribution in [2.75, 3.05) is 19.8 Å². The lowest BCUT2D eigenvalue weighted by atomic mass is 9.97. The minimum absolute atomic E-state index is 0.258. The Labute approximate surface area is 384 Å². The third-order valence-electron chi connectivity index (χ3n) is 11.7. The third kappa shape index (κ3) is 23.9. The lowest BCUT2D eigenvalue weighted by Gasteiger charge is -2.46. The van der Waals surface area contributed by atoms with E-state index in [1.54, 1.807) is 6.08 Å². The summed E-state index contributed by atoms with van der Waals surface area (Å²) in [5.74, 6) is -0.266. The molecular weight excluding hydrogens is 823 g/mol. The molecule has 1 amide bonds. The van der Waals surface area contributed by atoms with E-state index in [0.29, 0.717) is 12.8 Å². The molecule has 9 N–H and O–H groups in total. The first-order valence-corrected chi connectivity index (χ1v) is 24.5. The van der Waals surface area contributed by atoms with Crippen LogP contribution in [0.25, 0.3) is 0 Å². The summed E-state index contributed by atoms with van der Waals surface area (Å²) in [5, 5.41) is 86.6. The molecule has 14 heteroatoms. The highest BCUT2D eigenvalue weighted by Gasteiger charge is 2.51. The van der Waals surface area contributed by atoms with Crippen molar-refractivity contribution in [1.82, 2.24) is 5.32 Å². The molecule has 0 aromatic rings. The second-order valence-electron chi connectivity index (χ2n) is 17.2. The van der Waals surface area contributed by atoms with E-state index < -0.39 is 86.8 Å². The number of ether oxygens (including phenoxy) is 4. The molecule has 0 aromatic heterocycles. The molecule has 2 fully saturated rings. The van der Waals surface area contributed by atoms with Crippen LogP contribution in [0.2, 0.25) is 0 Å². The highest BCUT2D eigenvalue weighted by atomic mass is 16.7.